The van der Waals surface area contributed by atoms with E-state index in [1.54, 1.807) is 6.20 Å². The molecule has 0 aliphatic rings. The zero-order valence-corrected chi connectivity index (χ0v) is 12.6. The molecule has 22 heavy (non-hydrogen) atoms. The summed E-state index contributed by atoms with van der Waals surface area (Å²) in [5, 5.41) is 10.5. The largest absolute Gasteiger partial charge is 0.388 e. The smallest absolute Gasteiger partial charge is 0.106 e. The van der Waals surface area contributed by atoms with E-state index in [0.29, 0.717) is 0 Å². The third kappa shape index (κ3) is 3.26. The van der Waals surface area contributed by atoms with Crippen molar-refractivity contribution in [1.29, 1.82) is 0 Å². The van der Waals surface area contributed by atoms with Gasteiger partial charge in [-0.05, 0) is 22.6 Å². The van der Waals surface area contributed by atoms with Crippen molar-refractivity contribution in [3.8, 4) is 11.1 Å². The summed E-state index contributed by atoms with van der Waals surface area (Å²) < 4.78 is 0. The molecule has 0 aliphatic heterocycles. The second-order valence-corrected chi connectivity index (χ2v) is 5.65. The summed E-state index contributed by atoms with van der Waals surface area (Å²) in [7, 11) is 0. The molecule has 2 atom stereocenters. The Balaban J connectivity index is 1.72. The summed E-state index contributed by atoms with van der Waals surface area (Å²) in [6.45, 7) is 2.04. The average Bonchev–Trinajstić information content (AvgIpc) is 3.08. The third-order valence-electron chi connectivity index (χ3n) is 3.97. The van der Waals surface area contributed by atoms with Gasteiger partial charge in [0.15, 0.2) is 0 Å². The molecule has 3 aromatic rings. The first-order chi connectivity index (χ1) is 10.7. The molecule has 0 saturated heterocycles. The number of aromatic amines is 1. The Morgan fingerprint density at radius 3 is 2.32 bits per heavy atom. The molecule has 2 N–H and O–H groups in total. The van der Waals surface area contributed by atoms with Crippen LogP contribution in [0, 0.1) is 5.92 Å². The van der Waals surface area contributed by atoms with Crippen molar-refractivity contribution in [2.45, 2.75) is 19.4 Å². The lowest BCUT2D eigenvalue weighted by Gasteiger charge is -2.18. The van der Waals surface area contributed by atoms with Gasteiger partial charge in [-0.3, -0.25) is 0 Å². The molecular weight excluding hydrogens is 272 g/mol. The first-order valence-electron chi connectivity index (χ1n) is 7.56. The molecule has 2 unspecified atom stereocenters. The van der Waals surface area contributed by atoms with Crippen molar-refractivity contribution < 1.29 is 5.11 Å². The van der Waals surface area contributed by atoms with Gasteiger partial charge < -0.3 is 10.1 Å². The SMILES string of the molecule is CC(Cc1ncc[nH]1)C(O)c1ccc(-c2ccccc2)cc1. The van der Waals surface area contributed by atoms with Crippen molar-refractivity contribution in [1.82, 2.24) is 9.97 Å². The molecule has 0 saturated carbocycles. The van der Waals surface area contributed by atoms with Crippen molar-refractivity contribution in [2.75, 3.05) is 0 Å². The monoisotopic (exact) mass is 292 g/mol. The molecule has 0 amide bonds. The van der Waals surface area contributed by atoms with Gasteiger partial charge >= 0.3 is 0 Å². The summed E-state index contributed by atoms with van der Waals surface area (Å²) in [4.78, 5) is 7.30. The quantitative estimate of drug-likeness (QED) is 0.747. The molecule has 2 aromatic carbocycles. The highest BCUT2D eigenvalue weighted by Crippen LogP contribution is 2.27. The fourth-order valence-electron chi connectivity index (χ4n) is 2.66. The minimum atomic E-state index is -0.491. The molecule has 3 heteroatoms. The number of aliphatic hydroxyl groups is 1. The molecule has 1 aromatic heterocycles. The standard InChI is InChI=1S/C19H20N2O/c1-14(13-18-20-11-12-21-18)19(22)17-9-7-16(8-10-17)15-5-3-2-4-6-15/h2-12,14,19,22H,13H2,1H3,(H,20,21). The second-order valence-electron chi connectivity index (χ2n) is 5.65. The Hall–Kier alpha value is -2.39. The van der Waals surface area contributed by atoms with Crippen molar-refractivity contribution in [2.24, 2.45) is 5.92 Å². The molecule has 0 fully saturated rings. The summed E-state index contributed by atoms with van der Waals surface area (Å²) >= 11 is 0. The van der Waals surface area contributed by atoms with Gasteiger partial charge in [0.1, 0.15) is 5.82 Å². The Kier molecular flexibility index (Phi) is 4.35. The molecule has 0 aliphatic carbocycles. The van der Waals surface area contributed by atoms with Gasteiger partial charge in [-0.15, -0.1) is 0 Å². The van der Waals surface area contributed by atoms with Gasteiger partial charge in [0.05, 0.1) is 6.10 Å². The van der Waals surface area contributed by atoms with Crippen LogP contribution in [0.25, 0.3) is 11.1 Å². The van der Waals surface area contributed by atoms with Gasteiger partial charge in [-0.2, -0.15) is 0 Å². The van der Waals surface area contributed by atoms with Crippen LogP contribution in [0.1, 0.15) is 24.4 Å². The van der Waals surface area contributed by atoms with Gasteiger partial charge in [0, 0.05) is 18.8 Å². The second kappa shape index (κ2) is 6.58. The maximum absolute atomic E-state index is 10.5. The Labute approximate surface area is 130 Å². The van der Waals surface area contributed by atoms with Crippen LogP contribution in [0.5, 0.6) is 0 Å². The van der Waals surface area contributed by atoms with E-state index in [9.17, 15) is 5.11 Å². The van der Waals surface area contributed by atoms with E-state index in [4.69, 9.17) is 0 Å². The number of hydrogen-bond acceptors (Lipinski definition) is 2. The number of nitrogens with one attached hydrogen (secondary N) is 1. The number of imidazole rings is 1. The van der Waals surface area contributed by atoms with Crippen LogP contribution in [0.3, 0.4) is 0 Å². The summed E-state index contributed by atoms with van der Waals surface area (Å²) in [5.74, 6) is 1.01. The summed E-state index contributed by atoms with van der Waals surface area (Å²) in [5.41, 5.74) is 3.29. The average molecular weight is 292 g/mol. The van der Waals surface area contributed by atoms with E-state index in [1.165, 1.54) is 5.56 Å². The highest BCUT2D eigenvalue weighted by atomic mass is 16.3. The molecular formula is C19H20N2O. The molecule has 3 nitrogen and oxygen atoms in total. The topological polar surface area (TPSA) is 48.9 Å². The highest BCUT2D eigenvalue weighted by Gasteiger charge is 2.17. The lowest BCUT2D eigenvalue weighted by molar-refractivity contribution is 0.116. The fourth-order valence-corrected chi connectivity index (χ4v) is 2.66. The van der Waals surface area contributed by atoms with Crippen LogP contribution in [0.2, 0.25) is 0 Å². The Morgan fingerprint density at radius 1 is 1.00 bits per heavy atom. The zero-order valence-electron chi connectivity index (χ0n) is 12.6. The van der Waals surface area contributed by atoms with Crippen LogP contribution in [-0.4, -0.2) is 15.1 Å². The predicted molar refractivity (Wildman–Crippen MR) is 88.3 cm³/mol. The van der Waals surface area contributed by atoms with Gasteiger partial charge in [0.2, 0.25) is 0 Å². The van der Waals surface area contributed by atoms with Crippen LogP contribution in [0.15, 0.2) is 67.0 Å². The zero-order chi connectivity index (χ0) is 15.4. The van der Waals surface area contributed by atoms with Crippen LogP contribution >= 0.6 is 0 Å². The molecule has 1 heterocycles. The summed E-state index contributed by atoms with van der Waals surface area (Å²) in [6, 6.07) is 18.4. The van der Waals surface area contributed by atoms with Crippen molar-refractivity contribution in [3.05, 3.63) is 78.4 Å². The Bertz CT molecular complexity index is 690. The highest BCUT2D eigenvalue weighted by molar-refractivity contribution is 5.63. The van der Waals surface area contributed by atoms with Crippen molar-refractivity contribution in [3.63, 3.8) is 0 Å². The molecule has 0 bridgehead atoms. The Morgan fingerprint density at radius 2 is 1.68 bits per heavy atom. The van der Waals surface area contributed by atoms with Crippen LogP contribution in [-0.2, 0) is 6.42 Å². The number of rotatable bonds is 5. The first-order valence-corrected chi connectivity index (χ1v) is 7.56. The first kappa shape index (κ1) is 14.5. The minimum Gasteiger partial charge on any atom is -0.388 e. The van der Waals surface area contributed by atoms with Gasteiger partial charge in [-0.25, -0.2) is 4.98 Å². The number of aliphatic hydroxyl groups excluding tert-OH is 1. The van der Waals surface area contributed by atoms with E-state index in [1.807, 2.05) is 43.5 Å². The van der Waals surface area contributed by atoms with Crippen LogP contribution in [0.4, 0.5) is 0 Å². The van der Waals surface area contributed by atoms with E-state index >= 15 is 0 Å². The lowest BCUT2D eigenvalue weighted by Crippen LogP contribution is -2.12. The molecule has 3 rings (SSSR count). The molecule has 112 valence electrons. The number of benzene rings is 2. The predicted octanol–water partition coefficient (Wildman–Crippen LogP) is 3.99. The maximum Gasteiger partial charge on any atom is 0.106 e. The van der Waals surface area contributed by atoms with E-state index in [-0.39, 0.29) is 5.92 Å². The third-order valence-corrected chi connectivity index (χ3v) is 3.97. The normalized spacial score (nSPS) is 13.7. The number of hydrogen-bond donors (Lipinski definition) is 2. The fraction of sp³-hybridized carbons (Fsp3) is 0.211. The molecule has 0 radical (unpaired) electrons. The minimum absolute atomic E-state index is 0.105. The number of aromatic nitrogens is 2. The van der Waals surface area contributed by atoms with E-state index in [2.05, 4.69) is 34.2 Å². The van der Waals surface area contributed by atoms with E-state index < -0.39 is 6.10 Å². The lowest BCUT2D eigenvalue weighted by atomic mass is 9.93. The maximum atomic E-state index is 10.5. The summed E-state index contributed by atoms with van der Waals surface area (Å²) in [6.07, 6.45) is 3.79. The van der Waals surface area contributed by atoms with Crippen molar-refractivity contribution >= 4 is 0 Å². The van der Waals surface area contributed by atoms with Gasteiger partial charge in [-0.1, -0.05) is 61.5 Å². The number of nitrogens with zero attached hydrogens (tertiary/aromatic N) is 1. The van der Waals surface area contributed by atoms with Crippen LogP contribution < -0.4 is 0 Å². The molecule has 0 spiro atoms. The van der Waals surface area contributed by atoms with E-state index in [0.717, 1.165) is 23.4 Å². The van der Waals surface area contributed by atoms with Gasteiger partial charge in [0.25, 0.3) is 0 Å². The number of H-pyrrole nitrogens is 1.